The van der Waals surface area contributed by atoms with E-state index in [-0.39, 0.29) is 11.3 Å². The number of alkyl halides is 5. The minimum Gasteiger partial charge on any atom is -0.220 e. The van der Waals surface area contributed by atoms with Crippen LogP contribution >= 0.6 is 0 Å². The number of benzene rings is 1. The number of nitrogens with zero attached hydrogens (tertiary/aromatic N) is 4. The molecule has 0 saturated heterocycles. The van der Waals surface area contributed by atoms with E-state index in [1.165, 1.54) is 29.2 Å². The monoisotopic (exact) mass is 314 g/mol. The first-order chi connectivity index (χ1) is 10.3. The molecule has 0 radical (unpaired) electrons. The minimum atomic E-state index is -5.66. The quantitative estimate of drug-likeness (QED) is 0.681. The van der Waals surface area contributed by atoms with E-state index in [2.05, 4.69) is 15.1 Å². The highest BCUT2D eigenvalue weighted by Gasteiger charge is 2.58. The van der Waals surface area contributed by atoms with Crippen LogP contribution in [0, 0.1) is 0 Å². The Morgan fingerprint density at radius 3 is 2.45 bits per heavy atom. The lowest BCUT2D eigenvalue weighted by Crippen LogP contribution is -2.33. The van der Waals surface area contributed by atoms with Gasteiger partial charge in [-0.25, -0.2) is 4.98 Å². The van der Waals surface area contributed by atoms with Gasteiger partial charge < -0.3 is 0 Å². The molecule has 0 unspecified atom stereocenters. The molecule has 9 heteroatoms. The summed E-state index contributed by atoms with van der Waals surface area (Å²) in [5.74, 6) is -4.72. The van der Waals surface area contributed by atoms with Gasteiger partial charge in [0.25, 0.3) is 5.78 Å². The highest BCUT2D eigenvalue weighted by atomic mass is 19.4. The van der Waals surface area contributed by atoms with Crippen LogP contribution in [0.5, 0.6) is 0 Å². The number of halogens is 5. The maximum absolute atomic E-state index is 13.4. The van der Waals surface area contributed by atoms with Gasteiger partial charge in [-0.05, 0) is 12.1 Å². The molecule has 0 N–H and O–H groups in total. The SMILES string of the molecule is FC(F)(F)C(F)(F)c1cccc(-c2ccnc3ncnn23)c1. The highest BCUT2D eigenvalue weighted by Crippen LogP contribution is 2.44. The van der Waals surface area contributed by atoms with E-state index in [1.54, 1.807) is 0 Å². The van der Waals surface area contributed by atoms with E-state index in [4.69, 9.17) is 0 Å². The zero-order valence-electron chi connectivity index (χ0n) is 10.7. The summed E-state index contributed by atoms with van der Waals surface area (Å²) in [5.41, 5.74) is -0.677. The van der Waals surface area contributed by atoms with Gasteiger partial charge in [0.1, 0.15) is 6.33 Å². The van der Waals surface area contributed by atoms with Crippen LogP contribution in [0.4, 0.5) is 22.0 Å². The fraction of sp³-hybridized carbons (Fsp3) is 0.154. The third kappa shape index (κ3) is 2.18. The molecule has 0 fully saturated rings. The first-order valence-electron chi connectivity index (χ1n) is 6.01. The minimum absolute atomic E-state index is 0.152. The summed E-state index contributed by atoms with van der Waals surface area (Å²) in [4.78, 5) is 7.73. The number of hydrogen-bond donors (Lipinski definition) is 0. The normalized spacial score (nSPS) is 12.8. The second-order valence-corrected chi connectivity index (χ2v) is 4.45. The van der Waals surface area contributed by atoms with Crippen molar-refractivity contribution in [3.05, 3.63) is 48.4 Å². The Hall–Kier alpha value is -2.58. The van der Waals surface area contributed by atoms with Crippen LogP contribution in [-0.2, 0) is 5.92 Å². The topological polar surface area (TPSA) is 43.1 Å². The molecule has 4 nitrogen and oxygen atoms in total. The van der Waals surface area contributed by atoms with Gasteiger partial charge in [0.2, 0.25) is 0 Å². The van der Waals surface area contributed by atoms with E-state index in [0.717, 1.165) is 18.2 Å². The zero-order chi connectivity index (χ0) is 16.0. The van der Waals surface area contributed by atoms with Crippen LogP contribution in [0.1, 0.15) is 5.56 Å². The third-order valence-electron chi connectivity index (χ3n) is 3.06. The van der Waals surface area contributed by atoms with Crippen LogP contribution in [0.25, 0.3) is 17.0 Å². The Labute approximate surface area is 120 Å². The Morgan fingerprint density at radius 2 is 1.73 bits per heavy atom. The fourth-order valence-corrected chi connectivity index (χ4v) is 1.99. The van der Waals surface area contributed by atoms with E-state index < -0.39 is 17.7 Å². The Kier molecular flexibility index (Phi) is 3.08. The largest absolute Gasteiger partial charge is 0.458 e. The predicted octanol–water partition coefficient (Wildman–Crippen LogP) is 3.45. The zero-order valence-corrected chi connectivity index (χ0v) is 10.7. The van der Waals surface area contributed by atoms with Crippen molar-refractivity contribution in [2.45, 2.75) is 12.1 Å². The Bertz CT molecular complexity index is 824. The molecule has 2 heterocycles. The van der Waals surface area contributed by atoms with Crippen LogP contribution in [0.3, 0.4) is 0 Å². The molecule has 114 valence electrons. The van der Waals surface area contributed by atoms with E-state index >= 15 is 0 Å². The summed E-state index contributed by atoms with van der Waals surface area (Å²) in [5, 5.41) is 3.87. The van der Waals surface area contributed by atoms with Crippen molar-refractivity contribution in [3.8, 4) is 11.3 Å². The molecule has 2 aromatic heterocycles. The maximum Gasteiger partial charge on any atom is 0.458 e. The molecule has 0 amide bonds. The third-order valence-corrected chi connectivity index (χ3v) is 3.06. The molecule has 22 heavy (non-hydrogen) atoms. The van der Waals surface area contributed by atoms with Crippen molar-refractivity contribution in [2.75, 3.05) is 0 Å². The standard InChI is InChI=1S/C13H7F5N4/c14-12(15,13(16,17)18)9-3-1-2-8(6-9)10-4-5-19-11-20-7-21-22(10)11/h1-7H. The molecule has 3 rings (SSSR count). The summed E-state index contributed by atoms with van der Waals surface area (Å²) >= 11 is 0. The van der Waals surface area contributed by atoms with E-state index in [0.29, 0.717) is 5.69 Å². The molecule has 0 saturated carbocycles. The second-order valence-electron chi connectivity index (χ2n) is 4.45. The van der Waals surface area contributed by atoms with Crippen LogP contribution in [0.2, 0.25) is 0 Å². The Balaban J connectivity index is 2.15. The van der Waals surface area contributed by atoms with Crippen molar-refractivity contribution >= 4 is 5.78 Å². The van der Waals surface area contributed by atoms with Gasteiger partial charge in [-0.15, -0.1) is 0 Å². The fourth-order valence-electron chi connectivity index (χ4n) is 1.99. The summed E-state index contributed by atoms with van der Waals surface area (Å²) in [7, 11) is 0. The van der Waals surface area contributed by atoms with Crippen LogP contribution in [0.15, 0.2) is 42.9 Å². The van der Waals surface area contributed by atoms with Crippen molar-refractivity contribution in [3.63, 3.8) is 0 Å². The van der Waals surface area contributed by atoms with Gasteiger partial charge in [0.15, 0.2) is 0 Å². The lowest BCUT2D eigenvalue weighted by molar-refractivity contribution is -0.289. The van der Waals surface area contributed by atoms with E-state index in [1.807, 2.05) is 0 Å². The average molecular weight is 314 g/mol. The second kappa shape index (κ2) is 4.72. The van der Waals surface area contributed by atoms with Crippen molar-refractivity contribution in [1.82, 2.24) is 19.6 Å². The van der Waals surface area contributed by atoms with Crippen LogP contribution in [-0.4, -0.2) is 25.8 Å². The van der Waals surface area contributed by atoms with Gasteiger partial charge in [-0.3, -0.25) is 0 Å². The van der Waals surface area contributed by atoms with Gasteiger partial charge in [-0.2, -0.15) is 36.6 Å². The van der Waals surface area contributed by atoms with E-state index in [9.17, 15) is 22.0 Å². The smallest absolute Gasteiger partial charge is 0.220 e. The molecule has 3 aromatic rings. The highest BCUT2D eigenvalue weighted by molar-refractivity contribution is 5.62. The Morgan fingerprint density at radius 1 is 0.955 bits per heavy atom. The van der Waals surface area contributed by atoms with Crippen molar-refractivity contribution < 1.29 is 22.0 Å². The van der Waals surface area contributed by atoms with Crippen molar-refractivity contribution in [2.24, 2.45) is 0 Å². The molecule has 0 atom stereocenters. The number of hydrogen-bond acceptors (Lipinski definition) is 3. The summed E-state index contributed by atoms with van der Waals surface area (Å²) in [6, 6.07) is 5.51. The lowest BCUT2D eigenvalue weighted by Gasteiger charge is -2.20. The predicted molar refractivity (Wildman–Crippen MR) is 66.2 cm³/mol. The van der Waals surface area contributed by atoms with Gasteiger partial charge in [0, 0.05) is 17.3 Å². The molecular weight excluding hydrogens is 307 g/mol. The molecular formula is C13H7F5N4. The first kappa shape index (κ1) is 14.4. The average Bonchev–Trinajstić information content (AvgIpc) is 2.94. The van der Waals surface area contributed by atoms with Crippen LogP contribution < -0.4 is 0 Å². The number of fused-ring (bicyclic) bond motifs is 1. The summed E-state index contributed by atoms with van der Waals surface area (Å²) < 4.78 is 65.5. The summed E-state index contributed by atoms with van der Waals surface area (Å²) in [6.45, 7) is 0. The van der Waals surface area contributed by atoms with Crippen molar-refractivity contribution in [1.29, 1.82) is 0 Å². The van der Waals surface area contributed by atoms with Gasteiger partial charge in [0.05, 0.1) is 5.69 Å². The molecule has 0 spiro atoms. The molecule has 0 aliphatic heterocycles. The van der Waals surface area contributed by atoms with Gasteiger partial charge >= 0.3 is 12.1 Å². The maximum atomic E-state index is 13.4. The molecule has 1 aromatic carbocycles. The molecule has 0 aliphatic rings. The number of rotatable bonds is 2. The summed E-state index contributed by atoms with van der Waals surface area (Å²) in [6.07, 6.45) is -3.08. The first-order valence-corrected chi connectivity index (χ1v) is 6.01. The van der Waals surface area contributed by atoms with Gasteiger partial charge in [-0.1, -0.05) is 18.2 Å². The molecule has 0 bridgehead atoms. The number of aromatic nitrogens is 4. The lowest BCUT2D eigenvalue weighted by atomic mass is 10.0. The molecule has 0 aliphatic carbocycles.